The number of nitrogens with one attached hydrogen (secondary N) is 2. The molecule has 1 amide bonds. The van der Waals surface area contributed by atoms with Crippen LogP contribution in [0.4, 0.5) is 0 Å². The Morgan fingerprint density at radius 1 is 1.07 bits per heavy atom. The van der Waals surface area contributed by atoms with E-state index in [2.05, 4.69) is 10.6 Å². The second-order valence-electron chi connectivity index (χ2n) is 3.39. The minimum atomic E-state index is -0.161. The molecule has 4 heteroatoms. The first-order chi connectivity index (χ1) is 6.66. The lowest BCUT2D eigenvalue weighted by molar-refractivity contribution is -0.127. The molecule has 14 heavy (non-hydrogen) atoms. The van der Waals surface area contributed by atoms with Crippen molar-refractivity contribution in [3.8, 4) is 0 Å². The molecule has 0 aromatic carbocycles. The predicted molar refractivity (Wildman–Crippen MR) is 56.1 cm³/mol. The van der Waals surface area contributed by atoms with Crippen molar-refractivity contribution in [3.63, 3.8) is 0 Å². The van der Waals surface area contributed by atoms with E-state index in [1.165, 1.54) is 6.92 Å². The second kappa shape index (κ2) is 8.69. The summed E-state index contributed by atoms with van der Waals surface area (Å²) in [5, 5.41) is 5.77. The zero-order valence-electron chi connectivity index (χ0n) is 9.06. The lowest BCUT2D eigenvalue weighted by Gasteiger charge is -2.03. The summed E-state index contributed by atoms with van der Waals surface area (Å²) in [7, 11) is 1.93. The van der Waals surface area contributed by atoms with Crippen LogP contribution in [0.25, 0.3) is 0 Å². The monoisotopic (exact) mass is 200 g/mol. The number of rotatable bonds is 8. The molecule has 82 valence electrons. The molecule has 0 fully saturated rings. The molecular formula is C10H20N2O2. The third-order valence-electron chi connectivity index (χ3n) is 1.84. The summed E-state index contributed by atoms with van der Waals surface area (Å²) >= 11 is 0. The largest absolute Gasteiger partial charge is 0.356 e. The van der Waals surface area contributed by atoms with Crippen LogP contribution in [-0.4, -0.2) is 31.8 Å². The van der Waals surface area contributed by atoms with Gasteiger partial charge in [0.05, 0.1) is 6.42 Å². The standard InChI is InChI=1S/C10H20N2O2/c1-9(13)8-10(14)12-7-5-3-4-6-11-2/h11H,3-8H2,1-2H3,(H,12,14). The summed E-state index contributed by atoms with van der Waals surface area (Å²) in [4.78, 5) is 21.6. The van der Waals surface area contributed by atoms with Gasteiger partial charge in [0.15, 0.2) is 0 Å². The molecule has 0 bridgehead atoms. The molecule has 0 aliphatic carbocycles. The Balaban J connectivity index is 3.19. The average Bonchev–Trinajstić information content (AvgIpc) is 2.10. The van der Waals surface area contributed by atoms with Crippen LogP contribution in [-0.2, 0) is 9.59 Å². The predicted octanol–water partition coefficient (Wildman–Crippen LogP) is 0.471. The fourth-order valence-electron chi connectivity index (χ4n) is 1.12. The fraction of sp³-hybridized carbons (Fsp3) is 0.800. The first-order valence-corrected chi connectivity index (χ1v) is 5.07. The van der Waals surface area contributed by atoms with E-state index >= 15 is 0 Å². The minimum absolute atomic E-state index is 0.0104. The topological polar surface area (TPSA) is 58.2 Å². The maximum atomic E-state index is 11.0. The van der Waals surface area contributed by atoms with Gasteiger partial charge in [0.1, 0.15) is 5.78 Å². The van der Waals surface area contributed by atoms with E-state index in [-0.39, 0.29) is 18.1 Å². The molecule has 0 atom stereocenters. The van der Waals surface area contributed by atoms with Crippen molar-refractivity contribution in [2.24, 2.45) is 0 Å². The third-order valence-corrected chi connectivity index (χ3v) is 1.84. The quantitative estimate of drug-likeness (QED) is 0.442. The van der Waals surface area contributed by atoms with Gasteiger partial charge in [-0.3, -0.25) is 9.59 Å². The van der Waals surface area contributed by atoms with Gasteiger partial charge in [0.25, 0.3) is 0 Å². The van der Waals surface area contributed by atoms with Crippen LogP contribution >= 0.6 is 0 Å². The highest BCUT2D eigenvalue weighted by Crippen LogP contribution is 1.92. The zero-order valence-corrected chi connectivity index (χ0v) is 9.06. The Kier molecular flexibility index (Phi) is 8.13. The Morgan fingerprint density at radius 3 is 2.29 bits per heavy atom. The Hall–Kier alpha value is -0.900. The fourth-order valence-corrected chi connectivity index (χ4v) is 1.12. The van der Waals surface area contributed by atoms with E-state index in [0.29, 0.717) is 6.54 Å². The SMILES string of the molecule is CNCCCCCNC(=O)CC(C)=O. The molecule has 4 nitrogen and oxygen atoms in total. The van der Waals surface area contributed by atoms with Crippen molar-refractivity contribution in [2.75, 3.05) is 20.1 Å². The molecule has 0 aromatic rings. The summed E-state index contributed by atoms with van der Waals surface area (Å²) in [6, 6.07) is 0. The number of carbonyl (C=O) groups excluding carboxylic acids is 2. The zero-order chi connectivity index (χ0) is 10.8. The van der Waals surface area contributed by atoms with E-state index in [9.17, 15) is 9.59 Å². The van der Waals surface area contributed by atoms with Gasteiger partial charge in [-0.25, -0.2) is 0 Å². The van der Waals surface area contributed by atoms with Gasteiger partial charge in [-0.1, -0.05) is 6.42 Å². The summed E-state index contributed by atoms with van der Waals surface area (Å²) in [6.07, 6.45) is 3.21. The molecular weight excluding hydrogens is 180 g/mol. The van der Waals surface area contributed by atoms with Gasteiger partial charge >= 0.3 is 0 Å². The molecule has 0 aromatic heterocycles. The molecule has 0 saturated carbocycles. The van der Waals surface area contributed by atoms with Crippen LogP contribution in [0.15, 0.2) is 0 Å². The van der Waals surface area contributed by atoms with Crippen LogP contribution in [0.3, 0.4) is 0 Å². The first kappa shape index (κ1) is 13.1. The van der Waals surface area contributed by atoms with Gasteiger partial charge in [-0.2, -0.15) is 0 Å². The highest BCUT2D eigenvalue weighted by atomic mass is 16.2. The van der Waals surface area contributed by atoms with Gasteiger partial charge in [0, 0.05) is 6.54 Å². The number of carbonyl (C=O) groups is 2. The third kappa shape index (κ3) is 9.19. The van der Waals surface area contributed by atoms with Crippen LogP contribution < -0.4 is 10.6 Å². The lowest BCUT2D eigenvalue weighted by atomic mass is 10.2. The van der Waals surface area contributed by atoms with Gasteiger partial charge in [0.2, 0.25) is 5.91 Å². The number of hydrogen-bond acceptors (Lipinski definition) is 3. The van der Waals surface area contributed by atoms with Crippen molar-refractivity contribution in [2.45, 2.75) is 32.6 Å². The normalized spacial score (nSPS) is 9.86. The highest BCUT2D eigenvalue weighted by Gasteiger charge is 2.02. The maximum absolute atomic E-state index is 11.0. The van der Waals surface area contributed by atoms with Crippen molar-refractivity contribution in [1.82, 2.24) is 10.6 Å². The van der Waals surface area contributed by atoms with E-state index in [1.807, 2.05) is 7.05 Å². The Bertz CT molecular complexity index is 181. The Morgan fingerprint density at radius 2 is 1.71 bits per heavy atom. The summed E-state index contributed by atoms with van der Waals surface area (Å²) in [5.74, 6) is -0.246. The molecule has 0 aliphatic rings. The van der Waals surface area contributed by atoms with Gasteiger partial charge in [-0.15, -0.1) is 0 Å². The molecule has 0 heterocycles. The van der Waals surface area contributed by atoms with E-state index in [4.69, 9.17) is 0 Å². The number of Topliss-reactive ketones (excluding diaryl/α,β-unsaturated/α-hetero) is 1. The van der Waals surface area contributed by atoms with E-state index < -0.39 is 0 Å². The van der Waals surface area contributed by atoms with Crippen molar-refractivity contribution >= 4 is 11.7 Å². The van der Waals surface area contributed by atoms with Crippen LogP contribution in [0, 0.1) is 0 Å². The summed E-state index contributed by atoms with van der Waals surface area (Å²) in [6.45, 7) is 3.11. The number of ketones is 1. The number of unbranched alkanes of at least 4 members (excludes halogenated alkanes) is 2. The van der Waals surface area contributed by atoms with Crippen LogP contribution in [0.1, 0.15) is 32.6 Å². The molecule has 2 N–H and O–H groups in total. The summed E-state index contributed by atoms with van der Waals surface area (Å²) in [5.41, 5.74) is 0. The lowest BCUT2D eigenvalue weighted by Crippen LogP contribution is -2.26. The Labute approximate surface area is 85.4 Å². The number of amides is 1. The summed E-state index contributed by atoms with van der Waals surface area (Å²) < 4.78 is 0. The molecule has 0 rings (SSSR count). The molecule has 0 unspecified atom stereocenters. The van der Waals surface area contributed by atoms with E-state index in [1.54, 1.807) is 0 Å². The highest BCUT2D eigenvalue weighted by molar-refractivity contribution is 5.96. The average molecular weight is 200 g/mol. The molecule has 0 aliphatic heterocycles. The van der Waals surface area contributed by atoms with Gasteiger partial charge in [-0.05, 0) is 33.4 Å². The van der Waals surface area contributed by atoms with Crippen molar-refractivity contribution in [3.05, 3.63) is 0 Å². The second-order valence-corrected chi connectivity index (χ2v) is 3.39. The number of hydrogen-bond donors (Lipinski definition) is 2. The van der Waals surface area contributed by atoms with Gasteiger partial charge < -0.3 is 10.6 Å². The minimum Gasteiger partial charge on any atom is -0.356 e. The van der Waals surface area contributed by atoms with Crippen molar-refractivity contribution < 1.29 is 9.59 Å². The first-order valence-electron chi connectivity index (χ1n) is 5.07. The van der Waals surface area contributed by atoms with Crippen LogP contribution in [0.2, 0.25) is 0 Å². The maximum Gasteiger partial charge on any atom is 0.227 e. The molecule has 0 radical (unpaired) electrons. The van der Waals surface area contributed by atoms with Crippen LogP contribution in [0.5, 0.6) is 0 Å². The van der Waals surface area contributed by atoms with E-state index in [0.717, 1.165) is 25.8 Å². The van der Waals surface area contributed by atoms with Crippen molar-refractivity contribution in [1.29, 1.82) is 0 Å². The molecule has 0 saturated heterocycles. The molecule has 0 spiro atoms. The smallest absolute Gasteiger partial charge is 0.227 e.